The van der Waals surface area contributed by atoms with Gasteiger partial charge in [-0.25, -0.2) is 0 Å². The van der Waals surface area contributed by atoms with E-state index in [4.69, 9.17) is 21.1 Å². The van der Waals surface area contributed by atoms with Gasteiger partial charge in [-0.2, -0.15) is 0 Å². The van der Waals surface area contributed by atoms with Gasteiger partial charge in [-0.3, -0.25) is 0 Å². The van der Waals surface area contributed by atoms with Crippen molar-refractivity contribution in [2.75, 3.05) is 12.1 Å². The number of allylic oxidation sites excluding steroid dienone is 2. The van der Waals surface area contributed by atoms with E-state index in [1.54, 1.807) is 0 Å². The first-order chi connectivity index (χ1) is 11.3. The molecule has 3 aliphatic rings. The summed E-state index contributed by atoms with van der Waals surface area (Å²) in [5.41, 5.74) is 3.58. The van der Waals surface area contributed by atoms with Gasteiger partial charge in [-0.05, 0) is 41.7 Å². The summed E-state index contributed by atoms with van der Waals surface area (Å²) in [5.74, 6) is 2.57. The fraction of sp³-hybridized carbons (Fsp3) is 0.263. The Hall–Kier alpha value is -2.13. The Morgan fingerprint density at radius 3 is 2.96 bits per heavy atom. The van der Waals surface area contributed by atoms with Gasteiger partial charge in [0.15, 0.2) is 11.5 Å². The van der Waals surface area contributed by atoms with Gasteiger partial charge < -0.3 is 14.8 Å². The second-order valence-electron chi connectivity index (χ2n) is 6.29. The average molecular weight is 326 g/mol. The largest absolute Gasteiger partial charge is 0.454 e. The number of rotatable bonds is 1. The summed E-state index contributed by atoms with van der Waals surface area (Å²) < 4.78 is 11.0. The molecular formula is C19H16ClNO2. The van der Waals surface area contributed by atoms with Crippen LogP contribution in [-0.2, 0) is 0 Å². The van der Waals surface area contributed by atoms with Crippen molar-refractivity contribution in [1.82, 2.24) is 0 Å². The highest BCUT2D eigenvalue weighted by Gasteiger charge is 2.38. The predicted molar refractivity (Wildman–Crippen MR) is 90.4 cm³/mol. The molecule has 0 aromatic heterocycles. The van der Waals surface area contributed by atoms with Crippen LogP contribution in [0.25, 0.3) is 0 Å². The quantitative estimate of drug-likeness (QED) is 0.757. The molecule has 2 aromatic carbocycles. The summed E-state index contributed by atoms with van der Waals surface area (Å²) >= 11 is 6.45. The zero-order valence-corrected chi connectivity index (χ0v) is 13.2. The lowest BCUT2D eigenvalue weighted by atomic mass is 9.77. The van der Waals surface area contributed by atoms with Crippen molar-refractivity contribution >= 4 is 17.3 Å². The smallest absolute Gasteiger partial charge is 0.231 e. The third-order valence-electron chi connectivity index (χ3n) is 5.10. The van der Waals surface area contributed by atoms with E-state index in [-0.39, 0.29) is 6.04 Å². The van der Waals surface area contributed by atoms with Gasteiger partial charge in [0, 0.05) is 5.92 Å². The molecule has 23 heavy (non-hydrogen) atoms. The molecule has 0 saturated carbocycles. The minimum Gasteiger partial charge on any atom is -0.454 e. The topological polar surface area (TPSA) is 30.5 Å². The zero-order valence-electron chi connectivity index (χ0n) is 12.5. The molecule has 2 aromatic rings. The predicted octanol–water partition coefficient (Wildman–Crippen LogP) is 4.90. The van der Waals surface area contributed by atoms with Crippen molar-refractivity contribution in [2.24, 2.45) is 5.92 Å². The molecule has 3 atom stereocenters. The van der Waals surface area contributed by atoms with Crippen LogP contribution < -0.4 is 14.8 Å². The van der Waals surface area contributed by atoms with Crippen LogP contribution in [-0.4, -0.2) is 6.79 Å². The monoisotopic (exact) mass is 325 g/mol. The first-order valence-electron chi connectivity index (χ1n) is 7.92. The summed E-state index contributed by atoms with van der Waals surface area (Å²) in [7, 11) is 0. The minimum atomic E-state index is 0.219. The molecule has 5 rings (SSSR count). The number of benzene rings is 2. The van der Waals surface area contributed by atoms with Gasteiger partial charge in [0.2, 0.25) is 6.79 Å². The van der Waals surface area contributed by atoms with Crippen LogP contribution in [0, 0.1) is 5.92 Å². The van der Waals surface area contributed by atoms with Gasteiger partial charge >= 0.3 is 0 Å². The van der Waals surface area contributed by atoms with Crippen molar-refractivity contribution in [3.05, 3.63) is 64.7 Å². The maximum absolute atomic E-state index is 6.45. The molecule has 1 aliphatic carbocycles. The number of nitrogens with one attached hydrogen (secondary N) is 1. The normalized spacial score (nSPS) is 26.6. The van der Waals surface area contributed by atoms with E-state index in [0.29, 0.717) is 18.6 Å². The Balaban J connectivity index is 1.60. The summed E-state index contributed by atoms with van der Waals surface area (Å²) in [4.78, 5) is 0. The van der Waals surface area contributed by atoms with Gasteiger partial charge in [0.05, 0.1) is 16.8 Å². The highest BCUT2D eigenvalue weighted by Crippen LogP contribution is 2.52. The molecule has 0 radical (unpaired) electrons. The molecule has 0 amide bonds. The summed E-state index contributed by atoms with van der Waals surface area (Å²) in [5, 5.41) is 4.46. The molecule has 2 heterocycles. The van der Waals surface area contributed by atoms with Crippen molar-refractivity contribution in [3.63, 3.8) is 0 Å². The Labute approximate surface area is 139 Å². The number of para-hydroxylation sites is 1. The molecule has 116 valence electrons. The molecular weight excluding hydrogens is 310 g/mol. The SMILES string of the molecule is Clc1cccc2c1N[C@@H](c1ccc3c(c1)OCO3)[C@H]1CC=C[C@@H]21. The number of hydrogen-bond acceptors (Lipinski definition) is 3. The summed E-state index contributed by atoms with van der Waals surface area (Å²) in [6, 6.07) is 12.6. The van der Waals surface area contributed by atoms with Crippen LogP contribution in [0.1, 0.15) is 29.5 Å². The van der Waals surface area contributed by atoms with Crippen molar-refractivity contribution < 1.29 is 9.47 Å². The zero-order chi connectivity index (χ0) is 15.4. The third kappa shape index (κ3) is 1.96. The van der Waals surface area contributed by atoms with E-state index < -0.39 is 0 Å². The molecule has 0 bridgehead atoms. The number of anilines is 1. The molecule has 1 N–H and O–H groups in total. The van der Waals surface area contributed by atoms with Crippen molar-refractivity contribution in [2.45, 2.75) is 18.4 Å². The lowest BCUT2D eigenvalue weighted by Gasteiger charge is -2.38. The van der Waals surface area contributed by atoms with Crippen molar-refractivity contribution in [1.29, 1.82) is 0 Å². The molecule has 0 unspecified atom stereocenters. The van der Waals surface area contributed by atoms with E-state index in [1.165, 1.54) is 11.1 Å². The van der Waals surface area contributed by atoms with Crippen LogP contribution in [0.4, 0.5) is 5.69 Å². The maximum atomic E-state index is 6.45. The second-order valence-corrected chi connectivity index (χ2v) is 6.70. The highest BCUT2D eigenvalue weighted by molar-refractivity contribution is 6.33. The fourth-order valence-corrected chi connectivity index (χ4v) is 4.26. The minimum absolute atomic E-state index is 0.219. The Kier molecular flexibility index (Phi) is 2.86. The van der Waals surface area contributed by atoms with Crippen LogP contribution in [0.5, 0.6) is 11.5 Å². The Morgan fingerprint density at radius 1 is 1.09 bits per heavy atom. The Morgan fingerprint density at radius 2 is 2.00 bits per heavy atom. The standard InChI is InChI=1S/C19H16ClNO2/c20-15-6-2-5-14-12-3-1-4-13(12)18(21-19(14)15)11-7-8-16-17(9-11)23-10-22-16/h1-3,5-9,12-13,18,21H,4,10H2/t12-,13+,18+/m1/s1. The van der Waals surface area contributed by atoms with Crippen LogP contribution in [0.3, 0.4) is 0 Å². The van der Waals surface area contributed by atoms with Gasteiger partial charge in [0.25, 0.3) is 0 Å². The molecule has 0 spiro atoms. The lowest BCUT2D eigenvalue weighted by Crippen LogP contribution is -2.29. The van der Waals surface area contributed by atoms with Crippen LogP contribution in [0.2, 0.25) is 5.02 Å². The van der Waals surface area contributed by atoms with E-state index in [0.717, 1.165) is 28.6 Å². The van der Waals surface area contributed by atoms with E-state index in [9.17, 15) is 0 Å². The highest BCUT2D eigenvalue weighted by atomic mass is 35.5. The molecule has 4 heteroatoms. The fourth-order valence-electron chi connectivity index (χ4n) is 4.02. The summed E-state index contributed by atoms with van der Waals surface area (Å²) in [6.07, 6.45) is 5.68. The summed E-state index contributed by atoms with van der Waals surface area (Å²) in [6.45, 7) is 0.305. The first kappa shape index (κ1) is 13.3. The number of fused-ring (bicyclic) bond motifs is 4. The van der Waals surface area contributed by atoms with E-state index in [2.05, 4.69) is 35.7 Å². The lowest BCUT2D eigenvalue weighted by molar-refractivity contribution is 0.174. The first-order valence-corrected chi connectivity index (χ1v) is 8.30. The molecule has 3 nitrogen and oxygen atoms in total. The van der Waals surface area contributed by atoms with Crippen LogP contribution >= 0.6 is 11.6 Å². The molecule has 0 fully saturated rings. The second kappa shape index (κ2) is 4.93. The molecule has 2 aliphatic heterocycles. The van der Waals surface area contributed by atoms with Crippen LogP contribution in [0.15, 0.2) is 48.6 Å². The van der Waals surface area contributed by atoms with Gasteiger partial charge in [-0.1, -0.05) is 42.0 Å². The third-order valence-corrected chi connectivity index (χ3v) is 5.42. The van der Waals surface area contributed by atoms with Crippen molar-refractivity contribution in [3.8, 4) is 11.5 Å². The van der Waals surface area contributed by atoms with E-state index >= 15 is 0 Å². The van der Waals surface area contributed by atoms with E-state index in [1.807, 2.05) is 18.2 Å². The number of halogens is 1. The van der Waals surface area contributed by atoms with Gasteiger partial charge in [-0.15, -0.1) is 0 Å². The number of hydrogen-bond donors (Lipinski definition) is 1. The maximum Gasteiger partial charge on any atom is 0.231 e. The number of ether oxygens (including phenoxy) is 2. The average Bonchev–Trinajstić information content (AvgIpc) is 3.23. The molecule has 0 saturated heterocycles. The Bertz CT molecular complexity index is 817. The van der Waals surface area contributed by atoms with Gasteiger partial charge in [0.1, 0.15) is 0 Å².